The summed E-state index contributed by atoms with van der Waals surface area (Å²) in [6, 6.07) is 5.37. The summed E-state index contributed by atoms with van der Waals surface area (Å²) < 4.78 is 11.7. The van der Waals surface area contributed by atoms with Crippen LogP contribution in [0.15, 0.2) is 24.3 Å². The van der Waals surface area contributed by atoms with Gasteiger partial charge in [-0.15, -0.1) is 0 Å². The number of nitrogens with zero attached hydrogens (tertiary/aromatic N) is 1. The van der Waals surface area contributed by atoms with E-state index in [1.807, 2.05) is 20.8 Å². The van der Waals surface area contributed by atoms with Crippen LogP contribution in [0.2, 0.25) is 0 Å². The number of amides is 3. The molecule has 0 aliphatic carbocycles. The molecule has 3 amide bonds. The van der Waals surface area contributed by atoms with Crippen LogP contribution in [-0.4, -0.2) is 76.6 Å². The molecule has 198 valence electrons. The first-order valence-corrected chi connectivity index (χ1v) is 13.6. The summed E-state index contributed by atoms with van der Waals surface area (Å²) in [4.78, 5) is 42.6. The Kier molecular flexibility index (Phi) is 7.97. The summed E-state index contributed by atoms with van der Waals surface area (Å²) in [5.74, 6) is -1.84. The molecular formula is C26H36BrN3O6. The first-order valence-electron chi connectivity index (χ1n) is 12.7. The fourth-order valence-electron chi connectivity index (χ4n) is 6.09. The maximum absolute atomic E-state index is 14.1. The van der Waals surface area contributed by atoms with E-state index in [1.54, 1.807) is 31.4 Å². The lowest BCUT2D eigenvalue weighted by Crippen LogP contribution is -2.57. The van der Waals surface area contributed by atoms with Crippen molar-refractivity contribution < 1.29 is 29.0 Å². The number of aliphatic hydroxyl groups excluding tert-OH is 1. The van der Waals surface area contributed by atoms with E-state index in [2.05, 4.69) is 26.6 Å². The van der Waals surface area contributed by atoms with Gasteiger partial charge < -0.3 is 30.1 Å². The van der Waals surface area contributed by atoms with Crippen LogP contribution in [0.4, 0.5) is 5.69 Å². The summed E-state index contributed by atoms with van der Waals surface area (Å²) in [6.45, 7) is 6.11. The molecule has 3 aliphatic rings. The van der Waals surface area contributed by atoms with E-state index in [0.717, 1.165) is 6.42 Å². The average Bonchev–Trinajstić information content (AvgIpc) is 3.47. The van der Waals surface area contributed by atoms with Gasteiger partial charge in [-0.2, -0.15) is 0 Å². The predicted octanol–water partition coefficient (Wildman–Crippen LogP) is 2.31. The molecule has 0 saturated carbocycles. The highest BCUT2D eigenvalue weighted by Gasteiger charge is 2.77. The van der Waals surface area contributed by atoms with Gasteiger partial charge in [-0.25, -0.2) is 0 Å². The highest BCUT2D eigenvalue weighted by atomic mass is 79.9. The summed E-state index contributed by atoms with van der Waals surface area (Å²) in [5, 5.41) is 16.2. The fraction of sp³-hybridized carbons (Fsp3) is 0.654. The van der Waals surface area contributed by atoms with Crippen molar-refractivity contribution in [3.05, 3.63) is 24.3 Å². The number of fused-ring (bicyclic) bond motifs is 1. The first kappa shape index (κ1) is 26.9. The van der Waals surface area contributed by atoms with Crippen LogP contribution >= 0.6 is 15.9 Å². The Bertz CT molecular complexity index is 990. The summed E-state index contributed by atoms with van der Waals surface area (Å²) >= 11 is 3.67. The summed E-state index contributed by atoms with van der Waals surface area (Å²) in [6.07, 6.45) is 1.39. The molecule has 3 fully saturated rings. The Labute approximate surface area is 220 Å². The Hall–Kier alpha value is -2.17. The van der Waals surface area contributed by atoms with Gasteiger partial charge in [0, 0.05) is 17.1 Å². The molecule has 3 N–H and O–H groups in total. The smallest absolute Gasteiger partial charge is 0.250 e. The quantitative estimate of drug-likeness (QED) is 0.375. The standard InChI is InChI=1S/C26H36BrN3O6/c1-5-11-28-23(32)19-20-25(34)30(18(13-31)14(3)6-2)22(26(20)12-17(27)21(19)36-26)24(33)29-15-7-9-16(35-4)10-8-15/h7-10,14,17-22,31H,5-6,11-13H2,1-4H3,(H,28,32)(H,29,33)/t14-,17?,18-,19-,20-,21-,22?,26?/m0/s1. The predicted molar refractivity (Wildman–Crippen MR) is 138 cm³/mol. The van der Waals surface area contributed by atoms with Gasteiger partial charge in [0.1, 0.15) is 17.4 Å². The van der Waals surface area contributed by atoms with Crippen LogP contribution < -0.4 is 15.4 Å². The van der Waals surface area contributed by atoms with Crippen LogP contribution in [0.3, 0.4) is 0 Å². The van der Waals surface area contributed by atoms with Crippen LogP contribution in [0.1, 0.15) is 40.0 Å². The minimum Gasteiger partial charge on any atom is -0.497 e. The zero-order valence-corrected chi connectivity index (χ0v) is 22.8. The second kappa shape index (κ2) is 10.7. The van der Waals surface area contributed by atoms with Crippen molar-refractivity contribution in [3.63, 3.8) is 0 Å². The van der Waals surface area contributed by atoms with E-state index in [-0.39, 0.29) is 29.2 Å². The average molecular weight is 566 g/mol. The van der Waals surface area contributed by atoms with Gasteiger partial charge in [0.2, 0.25) is 17.7 Å². The third-order valence-electron chi connectivity index (χ3n) is 8.03. The summed E-state index contributed by atoms with van der Waals surface area (Å²) in [7, 11) is 1.57. The van der Waals surface area contributed by atoms with E-state index in [4.69, 9.17) is 9.47 Å². The lowest BCUT2D eigenvalue weighted by atomic mass is 9.70. The van der Waals surface area contributed by atoms with E-state index in [1.165, 1.54) is 4.90 Å². The molecule has 1 aromatic carbocycles. The van der Waals surface area contributed by atoms with E-state index < -0.39 is 41.5 Å². The largest absolute Gasteiger partial charge is 0.497 e. The molecule has 3 saturated heterocycles. The number of hydrogen-bond donors (Lipinski definition) is 3. The zero-order chi connectivity index (χ0) is 26.2. The van der Waals surface area contributed by atoms with Crippen molar-refractivity contribution in [1.82, 2.24) is 10.2 Å². The van der Waals surface area contributed by atoms with Gasteiger partial charge in [0.15, 0.2) is 0 Å². The van der Waals surface area contributed by atoms with Crippen LogP contribution in [0.5, 0.6) is 5.75 Å². The third kappa shape index (κ3) is 4.31. The van der Waals surface area contributed by atoms with Crippen molar-refractivity contribution in [1.29, 1.82) is 0 Å². The van der Waals surface area contributed by atoms with Crippen LogP contribution in [0, 0.1) is 17.8 Å². The molecular weight excluding hydrogens is 530 g/mol. The van der Waals surface area contributed by atoms with Crippen molar-refractivity contribution in [2.24, 2.45) is 17.8 Å². The van der Waals surface area contributed by atoms with E-state index in [9.17, 15) is 19.5 Å². The number of likely N-dealkylation sites (tertiary alicyclic amines) is 1. The molecule has 0 radical (unpaired) electrons. The Morgan fingerprint density at radius 3 is 2.56 bits per heavy atom. The number of carbonyl (C=O) groups is 3. The van der Waals surface area contributed by atoms with Crippen molar-refractivity contribution in [2.45, 2.75) is 68.6 Å². The van der Waals surface area contributed by atoms with Gasteiger partial charge >= 0.3 is 0 Å². The number of rotatable bonds is 10. The minimum absolute atomic E-state index is 0.0604. The number of carbonyl (C=O) groups excluding carboxylic acids is 3. The maximum Gasteiger partial charge on any atom is 0.250 e. The van der Waals surface area contributed by atoms with Gasteiger partial charge in [0.25, 0.3) is 0 Å². The van der Waals surface area contributed by atoms with Gasteiger partial charge in [-0.05, 0) is 43.0 Å². The molecule has 9 nitrogen and oxygen atoms in total. The van der Waals surface area contributed by atoms with E-state index >= 15 is 0 Å². The van der Waals surface area contributed by atoms with Crippen molar-refractivity contribution in [3.8, 4) is 5.75 Å². The first-order chi connectivity index (χ1) is 17.2. The van der Waals surface area contributed by atoms with Crippen molar-refractivity contribution >= 4 is 39.3 Å². The molecule has 3 heterocycles. The zero-order valence-electron chi connectivity index (χ0n) is 21.2. The Balaban J connectivity index is 1.75. The lowest BCUT2D eigenvalue weighted by Gasteiger charge is -2.38. The molecule has 4 rings (SSSR count). The number of alkyl halides is 1. The number of ether oxygens (including phenoxy) is 2. The highest BCUT2D eigenvalue weighted by molar-refractivity contribution is 9.09. The molecule has 1 aromatic rings. The maximum atomic E-state index is 14.1. The fourth-order valence-corrected chi connectivity index (χ4v) is 7.03. The molecule has 8 atom stereocenters. The monoisotopic (exact) mass is 565 g/mol. The molecule has 0 aromatic heterocycles. The van der Waals surface area contributed by atoms with Gasteiger partial charge in [0.05, 0.1) is 37.7 Å². The molecule has 2 bridgehead atoms. The molecule has 3 aliphatic heterocycles. The lowest BCUT2D eigenvalue weighted by molar-refractivity contribution is -0.145. The molecule has 1 spiro atoms. The SMILES string of the molecule is CCCNC(=O)[C@H]1[C@H]2C(=O)N([C@@H](CO)[C@@H](C)CC)C(C(=O)Nc3ccc(OC)cc3)C23CC(Br)[C@@H]1O3. The number of anilines is 1. The number of aliphatic hydroxyl groups is 1. The third-order valence-corrected chi connectivity index (χ3v) is 8.87. The number of hydrogen-bond acceptors (Lipinski definition) is 6. The molecule has 10 heteroatoms. The Morgan fingerprint density at radius 2 is 1.97 bits per heavy atom. The number of nitrogens with one attached hydrogen (secondary N) is 2. The summed E-state index contributed by atoms with van der Waals surface area (Å²) in [5.41, 5.74) is -0.612. The second-order valence-electron chi connectivity index (χ2n) is 10.1. The van der Waals surface area contributed by atoms with Crippen LogP contribution in [-0.2, 0) is 19.1 Å². The van der Waals surface area contributed by atoms with Gasteiger partial charge in [-0.3, -0.25) is 14.4 Å². The molecule has 36 heavy (non-hydrogen) atoms. The normalized spacial score (nSPS) is 32.2. The molecule has 3 unspecified atom stereocenters. The second-order valence-corrected chi connectivity index (χ2v) is 11.2. The topological polar surface area (TPSA) is 117 Å². The van der Waals surface area contributed by atoms with Crippen molar-refractivity contribution in [2.75, 3.05) is 25.6 Å². The number of halogens is 1. The van der Waals surface area contributed by atoms with Crippen LogP contribution in [0.25, 0.3) is 0 Å². The highest BCUT2D eigenvalue weighted by Crippen LogP contribution is 2.60. The minimum atomic E-state index is -1.17. The van der Waals surface area contributed by atoms with Gasteiger partial charge in [-0.1, -0.05) is 43.1 Å². The van der Waals surface area contributed by atoms with E-state index in [0.29, 0.717) is 30.8 Å². The number of benzene rings is 1. The number of methoxy groups -OCH3 is 1. The Morgan fingerprint density at radius 1 is 1.28 bits per heavy atom.